The average Bonchev–Trinajstić information content (AvgIpc) is 3.15. The summed E-state index contributed by atoms with van der Waals surface area (Å²) in [5, 5.41) is 3.53. The summed E-state index contributed by atoms with van der Waals surface area (Å²) in [5.74, 6) is -0.118. The van der Waals surface area contributed by atoms with Crippen molar-refractivity contribution in [2.24, 2.45) is 0 Å². The third-order valence-electron chi connectivity index (χ3n) is 4.31. The lowest BCUT2D eigenvalue weighted by molar-refractivity contribution is -0.150. The van der Waals surface area contributed by atoms with Gasteiger partial charge in [0.1, 0.15) is 18.3 Å². The number of ether oxygens (including phenoxy) is 2. The number of hydrogen-bond donors (Lipinski definition) is 1. The molecule has 3 fully saturated rings. The van der Waals surface area contributed by atoms with Gasteiger partial charge in [0.25, 0.3) is 0 Å². The quantitative estimate of drug-likeness (QED) is 0.651. The van der Waals surface area contributed by atoms with Crippen LogP contribution in [0.25, 0.3) is 0 Å². The molecule has 0 aliphatic carbocycles. The zero-order valence-electron chi connectivity index (χ0n) is 10.6. The number of carbonyl (C=O) groups is 1. The van der Waals surface area contributed by atoms with Crippen molar-refractivity contribution in [2.75, 3.05) is 0 Å². The highest BCUT2D eigenvalue weighted by atomic mass is 16.6. The number of morpholine rings is 1. The minimum Gasteiger partial charge on any atom is -0.462 e. The number of epoxide rings is 1. The monoisotopic (exact) mass is 259 g/mol. The van der Waals surface area contributed by atoms with E-state index in [0.29, 0.717) is 30.7 Å². The van der Waals surface area contributed by atoms with Gasteiger partial charge in [-0.3, -0.25) is 4.79 Å². The predicted octanol–water partition coefficient (Wildman–Crippen LogP) is 1.04. The van der Waals surface area contributed by atoms with E-state index in [0.717, 1.165) is 18.4 Å². The van der Waals surface area contributed by atoms with E-state index in [9.17, 15) is 4.79 Å². The predicted molar refractivity (Wildman–Crippen MR) is 68.6 cm³/mol. The largest absolute Gasteiger partial charge is 0.462 e. The van der Waals surface area contributed by atoms with Gasteiger partial charge in [0, 0.05) is 24.9 Å². The maximum absolute atomic E-state index is 11.9. The van der Waals surface area contributed by atoms with Gasteiger partial charge in [0.2, 0.25) is 0 Å². The summed E-state index contributed by atoms with van der Waals surface area (Å²) in [4.78, 5) is 11.9. The van der Waals surface area contributed by atoms with E-state index in [2.05, 4.69) is 5.32 Å². The molecule has 1 aromatic carbocycles. The highest BCUT2D eigenvalue weighted by Gasteiger charge is 2.59. The van der Waals surface area contributed by atoms with Crippen LogP contribution in [0.2, 0.25) is 0 Å². The number of piperidine rings is 1. The van der Waals surface area contributed by atoms with Crippen molar-refractivity contribution < 1.29 is 14.3 Å². The van der Waals surface area contributed by atoms with Crippen molar-refractivity contribution in [1.29, 1.82) is 0 Å². The van der Waals surface area contributed by atoms with Crippen LogP contribution in [0.4, 0.5) is 0 Å². The fourth-order valence-corrected chi connectivity index (χ4v) is 3.40. The van der Waals surface area contributed by atoms with Crippen molar-refractivity contribution >= 4 is 5.97 Å². The standard InChI is InChI=1S/C15H17NO3/c17-13(6-9-4-2-1-3-5-9)18-10-7-11-14-15(19-14)12(8-10)16-11/h1-5,10-12,14-16H,6-8H2/t10?,11-,12+,14?,15?. The molecule has 2 bridgehead atoms. The fourth-order valence-electron chi connectivity index (χ4n) is 3.40. The summed E-state index contributed by atoms with van der Waals surface area (Å²) in [6.45, 7) is 0. The summed E-state index contributed by atoms with van der Waals surface area (Å²) >= 11 is 0. The third-order valence-corrected chi connectivity index (χ3v) is 4.31. The van der Waals surface area contributed by atoms with E-state index in [-0.39, 0.29) is 12.1 Å². The van der Waals surface area contributed by atoms with Gasteiger partial charge in [-0.25, -0.2) is 0 Å². The zero-order valence-corrected chi connectivity index (χ0v) is 10.6. The fraction of sp³-hybridized carbons (Fsp3) is 0.533. The summed E-state index contributed by atoms with van der Waals surface area (Å²) < 4.78 is 11.2. The van der Waals surface area contributed by atoms with Crippen molar-refractivity contribution in [3.63, 3.8) is 0 Å². The second-order valence-electron chi connectivity index (χ2n) is 5.69. The minimum atomic E-state index is -0.118. The van der Waals surface area contributed by atoms with Gasteiger partial charge in [-0.1, -0.05) is 30.3 Å². The highest BCUT2D eigenvalue weighted by Crippen LogP contribution is 2.42. The van der Waals surface area contributed by atoms with E-state index < -0.39 is 0 Å². The first-order chi connectivity index (χ1) is 9.29. The second-order valence-corrected chi connectivity index (χ2v) is 5.69. The Morgan fingerprint density at radius 3 is 2.58 bits per heavy atom. The molecule has 0 aromatic heterocycles. The highest BCUT2D eigenvalue weighted by molar-refractivity contribution is 5.72. The van der Waals surface area contributed by atoms with Crippen LogP contribution in [-0.2, 0) is 20.7 Å². The van der Waals surface area contributed by atoms with Crippen LogP contribution in [0.3, 0.4) is 0 Å². The topological polar surface area (TPSA) is 50.9 Å². The van der Waals surface area contributed by atoms with Crippen molar-refractivity contribution in [3.05, 3.63) is 35.9 Å². The first-order valence-electron chi connectivity index (χ1n) is 6.94. The van der Waals surface area contributed by atoms with Gasteiger partial charge < -0.3 is 14.8 Å². The van der Waals surface area contributed by atoms with Crippen LogP contribution in [-0.4, -0.2) is 36.4 Å². The van der Waals surface area contributed by atoms with Crippen LogP contribution < -0.4 is 5.32 Å². The lowest BCUT2D eigenvalue weighted by Gasteiger charge is -2.30. The molecule has 3 aliphatic heterocycles. The molecule has 3 saturated heterocycles. The minimum absolute atomic E-state index is 0.0591. The van der Waals surface area contributed by atoms with E-state index in [4.69, 9.17) is 9.47 Å². The molecular formula is C15H17NO3. The number of carbonyl (C=O) groups excluding carboxylic acids is 1. The summed E-state index contributed by atoms with van der Waals surface area (Å²) in [6, 6.07) is 10.5. The maximum Gasteiger partial charge on any atom is 0.310 e. The van der Waals surface area contributed by atoms with E-state index in [1.165, 1.54) is 0 Å². The molecule has 4 nitrogen and oxygen atoms in total. The number of benzene rings is 1. The molecular weight excluding hydrogens is 242 g/mol. The molecule has 100 valence electrons. The van der Waals surface area contributed by atoms with Crippen LogP contribution in [0, 0.1) is 0 Å². The maximum atomic E-state index is 11.9. The summed E-state index contributed by atoms with van der Waals surface area (Å²) in [5.41, 5.74) is 1.01. The third kappa shape index (κ3) is 2.15. The van der Waals surface area contributed by atoms with Crippen molar-refractivity contribution in [1.82, 2.24) is 5.32 Å². The first kappa shape index (κ1) is 11.4. The molecule has 3 unspecified atom stereocenters. The Morgan fingerprint density at radius 2 is 1.89 bits per heavy atom. The Bertz CT molecular complexity index is 473. The molecule has 1 aromatic rings. The lowest BCUT2D eigenvalue weighted by atomic mass is 10.0. The Balaban J connectivity index is 1.34. The normalized spacial score (nSPS) is 38.6. The van der Waals surface area contributed by atoms with E-state index in [1.807, 2.05) is 30.3 Å². The second kappa shape index (κ2) is 4.32. The lowest BCUT2D eigenvalue weighted by Crippen LogP contribution is -2.46. The van der Waals surface area contributed by atoms with Crippen LogP contribution >= 0.6 is 0 Å². The smallest absolute Gasteiger partial charge is 0.310 e. The number of nitrogens with one attached hydrogen (secondary N) is 1. The Kier molecular flexibility index (Phi) is 2.60. The first-order valence-corrected chi connectivity index (χ1v) is 6.94. The SMILES string of the molecule is O=C(Cc1ccccc1)OC1C[C@@H]2N[C@H](C1)C1OC12. The van der Waals surface area contributed by atoms with Crippen molar-refractivity contribution in [3.8, 4) is 0 Å². The van der Waals surface area contributed by atoms with Crippen molar-refractivity contribution in [2.45, 2.75) is 49.7 Å². The van der Waals surface area contributed by atoms with Gasteiger partial charge in [0.05, 0.1) is 6.42 Å². The molecule has 3 aliphatic rings. The van der Waals surface area contributed by atoms with E-state index in [1.54, 1.807) is 0 Å². The van der Waals surface area contributed by atoms with Crippen LogP contribution in [0.5, 0.6) is 0 Å². The molecule has 19 heavy (non-hydrogen) atoms. The molecule has 0 saturated carbocycles. The number of hydrogen-bond acceptors (Lipinski definition) is 4. The van der Waals surface area contributed by atoms with Crippen LogP contribution in [0.15, 0.2) is 30.3 Å². The Morgan fingerprint density at radius 1 is 1.21 bits per heavy atom. The molecule has 0 amide bonds. The zero-order chi connectivity index (χ0) is 12.8. The molecule has 1 N–H and O–H groups in total. The van der Waals surface area contributed by atoms with Gasteiger partial charge in [-0.05, 0) is 5.56 Å². The molecule has 4 rings (SSSR count). The average molecular weight is 259 g/mol. The molecule has 0 radical (unpaired) electrons. The van der Waals surface area contributed by atoms with Gasteiger partial charge in [-0.2, -0.15) is 0 Å². The Hall–Kier alpha value is -1.39. The van der Waals surface area contributed by atoms with E-state index >= 15 is 0 Å². The number of esters is 1. The summed E-state index contributed by atoms with van der Waals surface area (Å²) in [6.07, 6.45) is 2.95. The van der Waals surface area contributed by atoms with Crippen LogP contribution in [0.1, 0.15) is 18.4 Å². The van der Waals surface area contributed by atoms with Gasteiger partial charge in [-0.15, -0.1) is 0 Å². The molecule has 3 heterocycles. The number of rotatable bonds is 3. The molecule has 4 heteroatoms. The number of fused-ring (bicyclic) bond motifs is 5. The Labute approximate surface area is 112 Å². The van der Waals surface area contributed by atoms with Gasteiger partial charge in [0.15, 0.2) is 0 Å². The summed E-state index contributed by atoms with van der Waals surface area (Å²) in [7, 11) is 0. The molecule has 5 atom stereocenters. The molecule has 0 spiro atoms. The van der Waals surface area contributed by atoms with Gasteiger partial charge >= 0.3 is 5.97 Å².